The molecule has 0 bridgehead atoms. The summed E-state index contributed by atoms with van der Waals surface area (Å²) in [5.41, 5.74) is 0.490. The van der Waals surface area contributed by atoms with E-state index < -0.39 is 17.4 Å². The third kappa shape index (κ3) is 4.77. The van der Waals surface area contributed by atoms with Crippen LogP contribution in [0.3, 0.4) is 0 Å². The maximum atomic E-state index is 12.6. The molecule has 2 aromatic heterocycles. The Morgan fingerprint density at radius 1 is 1.15 bits per heavy atom. The molecule has 0 atom stereocenters. The molecule has 0 aromatic carbocycles. The largest absolute Gasteiger partial charge is 0.463 e. The third-order valence-electron chi connectivity index (χ3n) is 3.89. The predicted molar refractivity (Wildman–Crippen MR) is 101 cm³/mol. The van der Waals surface area contributed by atoms with Crippen LogP contribution in [0.1, 0.15) is 57.9 Å². The van der Waals surface area contributed by atoms with Gasteiger partial charge >= 0.3 is 11.9 Å². The maximum absolute atomic E-state index is 12.6. The molecule has 7 nitrogen and oxygen atoms in total. The highest BCUT2D eigenvalue weighted by atomic mass is 32.1. The standard InChI is InChI=1S/C19H23NO6S/c1-10-11(2)27-15(20-18(23)19(3,4)5)14(10)17(22)25-9-12-7-8-13(26-12)16(21)24-6/h7-8H,9H2,1-6H3,(H,20,23). The molecular weight excluding hydrogens is 370 g/mol. The number of carbonyl (C=O) groups is 3. The molecule has 0 fully saturated rings. The number of aryl methyl sites for hydroxylation is 1. The third-order valence-corrected chi connectivity index (χ3v) is 5.01. The average Bonchev–Trinajstić information content (AvgIpc) is 3.16. The second kappa shape index (κ2) is 7.96. The fourth-order valence-electron chi connectivity index (χ4n) is 2.13. The number of hydrogen-bond acceptors (Lipinski definition) is 7. The Hall–Kier alpha value is -2.61. The van der Waals surface area contributed by atoms with Crippen LogP contribution in [-0.4, -0.2) is 25.0 Å². The Labute approximate surface area is 161 Å². The zero-order valence-electron chi connectivity index (χ0n) is 16.2. The van der Waals surface area contributed by atoms with Crippen molar-refractivity contribution in [2.75, 3.05) is 12.4 Å². The van der Waals surface area contributed by atoms with E-state index in [1.54, 1.807) is 27.7 Å². The lowest BCUT2D eigenvalue weighted by atomic mass is 9.96. The number of nitrogens with one attached hydrogen (secondary N) is 1. The molecule has 27 heavy (non-hydrogen) atoms. The predicted octanol–water partition coefficient (Wildman–Crippen LogP) is 4.09. The van der Waals surface area contributed by atoms with Gasteiger partial charge in [-0.15, -0.1) is 11.3 Å². The summed E-state index contributed by atoms with van der Waals surface area (Å²) < 4.78 is 15.2. The molecule has 0 aliphatic rings. The first-order valence-corrected chi connectivity index (χ1v) is 9.11. The Morgan fingerprint density at radius 3 is 2.41 bits per heavy atom. The number of anilines is 1. The smallest absolute Gasteiger partial charge is 0.373 e. The highest BCUT2D eigenvalue weighted by Gasteiger charge is 2.27. The number of hydrogen-bond donors (Lipinski definition) is 1. The molecule has 1 amide bonds. The number of rotatable bonds is 5. The normalized spacial score (nSPS) is 11.2. The van der Waals surface area contributed by atoms with Gasteiger partial charge in [-0.2, -0.15) is 0 Å². The van der Waals surface area contributed by atoms with Crippen molar-refractivity contribution in [3.8, 4) is 0 Å². The van der Waals surface area contributed by atoms with Crippen molar-refractivity contribution in [3.05, 3.63) is 39.7 Å². The summed E-state index contributed by atoms with van der Waals surface area (Å²) in [4.78, 5) is 37.2. The first kappa shape index (κ1) is 20.7. The van der Waals surface area contributed by atoms with E-state index in [4.69, 9.17) is 9.15 Å². The molecule has 0 unspecified atom stereocenters. The Morgan fingerprint density at radius 2 is 1.81 bits per heavy atom. The van der Waals surface area contributed by atoms with Crippen LogP contribution in [0.25, 0.3) is 0 Å². The van der Waals surface area contributed by atoms with Crippen molar-refractivity contribution < 1.29 is 28.3 Å². The molecule has 2 aromatic rings. The van der Waals surface area contributed by atoms with Crippen LogP contribution in [0.5, 0.6) is 0 Å². The fourth-order valence-corrected chi connectivity index (χ4v) is 3.17. The Balaban J connectivity index is 2.15. The van der Waals surface area contributed by atoms with Crippen LogP contribution in [0, 0.1) is 19.3 Å². The minimum Gasteiger partial charge on any atom is -0.463 e. The number of carbonyl (C=O) groups excluding carboxylic acids is 3. The van der Waals surface area contributed by atoms with E-state index in [0.717, 1.165) is 10.4 Å². The van der Waals surface area contributed by atoms with Crippen molar-refractivity contribution >= 4 is 34.2 Å². The van der Waals surface area contributed by atoms with Crippen LogP contribution >= 0.6 is 11.3 Å². The highest BCUT2D eigenvalue weighted by molar-refractivity contribution is 7.16. The second-order valence-electron chi connectivity index (χ2n) is 7.03. The molecule has 0 aliphatic heterocycles. The summed E-state index contributed by atoms with van der Waals surface area (Å²) in [5, 5.41) is 3.27. The molecule has 0 spiro atoms. The summed E-state index contributed by atoms with van der Waals surface area (Å²) in [6, 6.07) is 2.98. The lowest BCUT2D eigenvalue weighted by Crippen LogP contribution is -2.28. The van der Waals surface area contributed by atoms with E-state index in [9.17, 15) is 14.4 Å². The van der Waals surface area contributed by atoms with E-state index in [1.807, 2.05) is 6.92 Å². The molecule has 2 rings (SSSR count). The van der Waals surface area contributed by atoms with Gasteiger partial charge in [0.05, 0.1) is 12.7 Å². The second-order valence-corrected chi connectivity index (χ2v) is 8.25. The Kier molecular flexibility index (Phi) is 6.10. The first-order valence-electron chi connectivity index (χ1n) is 8.30. The van der Waals surface area contributed by atoms with E-state index >= 15 is 0 Å². The van der Waals surface area contributed by atoms with Crippen molar-refractivity contribution in [1.29, 1.82) is 0 Å². The van der Waals surface area contributed by atoms with E-state index in [2.05, 4.69) is 10.1 Å². The highest BCUT2D eigenvalue weighted by Crippen LogP contribution is 2.34. The number of esters is 2. The number of furan rings is 1. The van der Waals surface area contributed by atoms with Crippen LogP contribution < -0.4 is 5.32 Å². The molecule has 2 heterocycles. The van der Waals surface area contributed by atoms with Gasteiger partial charge in [-0.05, 0) is 31.5 Å². The SMILES string of the molecule is COC(=O)c1ccc(COC(=O)c2c(NC(=O)C(C)(C)C)sc(C)c2C)o1. The van der Waals surface area contributed by atoms with E-state index in [1.165, 1.54) is 30.6 Å². The topological polar surface area (TPSA) is 94.8 Å². The van der Waals surface area contributed by atoms with Crippen molar-refractivity contribution in [3.63, 3.8) is 0 Å². The van der Waals surface area contributed by atoms with Gasteiger partial charge < -0.3 is 19.2 Å². The van der Waals surface area contributed by atoms with E-state index in [-0.39, 0.29) is 18.3 Å². The summed E-state index contributed by atoms with van der Waals surface area (Å²) in [7, 11) is 1.25. The van der Waals surface area contributed by atoms with Gasteiger partial charge in [0.2, 0.25) is 11.7 Å². The number of ether oxygens (including phenoxy) is 2. The molecule has 0 radical (unpaired) electrons. The minimum atomic E-state index is -0.607. The lowest BCUT2D eigenvalue weighted by molar-refractivity contribution is -0.123. The monoisotopic (exact) mass is 393 g/mol. The van der Waals surface area contributed by atoms with Crippen molar-refractivity contribution in [2.45, 2.75) is 41.2 Å². The van der Waals surface area contributed by atoms with E-state index in [0.29, 0.717) is 16.3 Å². The van der Waals surface area contributed by atoms with Gasteiger partial charge in [-0.3, -0.25) is 4.79 Å². The lowest BCUT2D eigenvalue weighted by Gasteiger charge is -2.17. The minimum absolute atomic E-state index is 0.0317. The fraction of sp³-hybridized carbons (Fsp3) is 0.421. The molecule has 0 saturated carbocycles. The van der Waals surface area contributed by atoms with Crippen molar-refractivity contribution in [1.82, 2.24) is 0 Å². The van der Waals surface area contributed by atoms with Gasteiger partial charge in [0, 0.05) is 10.3 Å². The van der Waals surface area contributed by atoms with Crippen LogP contribution in [0.2, 0.25) is 0 Å². The zero-order chi connectivity index (χ0) is 20.4. The zero-order valence-corrected chi connectivity index (χ0v) is 17.0. The molecule has 0 saturated heterocycles. The summed E-state index contributed by atoms with van der Waals surface area (Å²) in [5.74, 6) is -1.02. The molecular formula is C19H23NO6S. The molecule has 8 heteroatoms. The van der Waals surface area contributed by atoms with Gasteiger partial charge in [-0.1, -0.05) is 20.8 Å². The van der Waals surface area contributed by atoms with Crippen LogP contribution in [0.4, 0.5) is 5.00 Å². The van der Waals surface area contributed by atoms with Crippen LogP contribution in [-0.2, 0) is 20.9 Å². The maximum Gasteiger partial charge on any atom is 0.373 e. The summed E-state index contributed by atoms with van der Waals surface area (Å²) in [6.07, 6.45) is 0. The molecule has 146 valence electrons. The Bertz CT molecular complexity index is 871. The molecule has 0 aliphatic carbocycles. The number of thiophene rings is 1. The van der Waals surface area contributed by atoms with Crippen LogP contribution in [0.15, 0.2) is 16.5 Å². The number of amides is 1. The number of methoxy groups -OCH3 is 1. The summed E-state index contributed by atoms with van der Waals surface area (Å²) in [6.45, 7) is 8.92. The average molecular weight is 393 g/mol. The van der Waals surface area contributed by atoms with Gasteiger partial charge in [0.15, 0.2) is 0 Å². The molecule has 1 N–H and O–H groups in total. The van der Waals surface area contributed by atoms with Crippen molar-refractivity contribution in [2.24, 2.45) is 5.41 Å². The van der Waals surface area contributed by atoms with Gasteiger partial charge in [0.25, 0.3) is 0 Å². The first-order chi connectivity index (χ1) is 12.5. The summed E-state index contributed by atoms with van der Waals surface area (Å²) >= 11 is 1.33. The van der Waals surface area contributed by atoms with Gasteiger partial charge in [-0.25, -0.2) is 9.59 Å². The van der Waals surface area contributed by atoms with Gasteiger partial charge in [0.1, 0.15) is 17.4 Å². The quantitative estimate of drug-likeness (QED) is 0.769.